The Morgan fingerprint density at radius 1 is 1.56 bits per heavy atom. The lowest BCUT2D eigenvalue weighted by atomic mass is 10.2. The zero-order chi connectivity index (χ0) is 6.53. The van der Waals surface area contributed by atoms with Crippen LogP contribution < -0.4 is 10.6 Å². The largest absolute Gasteiger partial charge is 0.395 e. The SMILES string of the molecule is OCC1CCNCC[N]1. The monoisotopic (exact) mass is 129 g/mol. The van der Waals surface area contributed by atoms with Crippen molar-refractivity contribution in [3.05, 3.63) is 0 Å². The minimum Gasteiger partial charge on any atom is -0.395 e. The van der Waals surface area contributed by atoms with Gasteiger partial charge in [0.05, 0.1) is 6.61 Å². The molecular formula is C6H13N2O. The molecule has 0 aromatic rings. The van der Waals surface area contributed by atoms with Crippen LogP contribution >= 0.6 is 0 Å². The molecule has 1 rings (SSSR count). The van der Waals surface area contributed by atoms with E-state index >= 15 is 0 Å². The molecule has 1 fully saturated rings. The topological polar surface area (TPSA) is 46.4 Å². The van der Waals surface area contributed by atoms with Crippen LogP contribution in [0.25, 0.3) is 0 Å². The van der Waals surface area contributed by atoms with E-state index in [1.54, 1.807) is 0 Å². The average Bonchev–Trinajstić information content (AvgIpc) is 2.13. The highest BCUT2D eigenvalue weighted by atomic mass is 16.3. The van der Waals surface area contributed by atoms with E-state index < -0.39 is 0 Å². The Bertz CT molecular complexity index is 69.5. The first kappa shape index (κ1) is 6.99. The van der Waals surface area contributed by atoms with Gasteiger partial charge in [-0.3, -0.25) is 0 Å². The predicted molar refractivity (Wildman–Crippen MR) is 35.4 cm³/mol. The van der Waals surface area contributed by atoms with Crippen LogP contribution in [0, 0.1) is 0 Å². The summed E-state index contributed by atoms with van der Waals surface area (Å²) in [6.45, 7) is 3.03. The molecule has 1 heterocycles. The van der Waals surface area contributed by atoms with Crippen molar-refractivity contribution >= 4 is 0 Å². The minimum atomic E-state index is 0.194. The van der Waals surface area contributed by atoms with E-state index in [-0.39, 0.29) is 12.6 Å². The standard InChI is InChI=1S/C6H13N2O/c9-5-6-1-2-7-3-4-8-6/h6-7,9H,1-5H2. The van der Waals surface area contributed by atoms with E-state index in [0.29, 0.717) is 0 Å². The fraction of sp³-hybridized carbons (Fsp3) is 1.00. The number of nitrogens with one attached hydrogen (secondary N) is 1. The van der Waals surface area contributed by atoms with Gasteiger partial charge in [-0.15, -0.1) is 0 Å². The van der Waals surface area contributed by atoms with Crippen molar-refractivity contribution in [1.29, 1.82) is 0 Å². The Morgan fingerprint density at radius 3 is 3.22 bits per heavy atom. The Kier molecular flexibility index (Phi) is 2.97. The first-order valence-corrected chi connectivity index (χ1v) is 3.41. The van der Waals surface area contributed by atoms with Crippen molar-refractivity contribution in [3.63, 3.8) is 0 Å². The van der Waals surface area contributed by atoms with Crippen LogP contribution in [0.2, 0.25) is 0 Å². The van der Waals surface area contributed by atoms with E-state index in [9.17, 15) is 0 Å². The van der Waals surface area contributed by atoms with Gasteiger partial charge in [0.2, 0.25) is 0 Å². The summed E-state index contributed by atoms with van der Waals surface area (Å²) in [5.74, 6) is 0. The third kappa shape index (κ3) is 2.30. The molecule has 1 saturated heterocycles. The smallest absolute Gasteiger partial charge is 0.0601 e. The van der Waals surface area contributed by atoms with Gasteiger partial charge in [0.25, 0.3) is 0 Å². The average molecular weight is 129 g/mol. The second-order valence-electron chi connectivity index (χ2n) is 2.28. The minimum absolute atomic E-state index is 0.194. The van der Waals surface area contributed by atoms with Crippen LogP contribution in [0.4, 0.5) is 0 Å². The van der Waals surface area contributed by atoms with E-state index in [0.717, 1.165) is 26.1 Å². The summed E-state index contributed by atoms with van der Waals surface area (Å²) in [4.78, 5) is 0. The molecule has 0 aromatic carbocycles. The summed E-state index contributed by atoms with van der Waals surface area (Å²) in [6.07, 6.45) is 0.983. The second kappa shape index (κ2) is 3.82. The van der Waals surface area contributed by atoms with Gasteiger partial charge in [-0.25, -0.2) is 5.32 Å². The van der Waals surface area contributed by atoms with Crippen molar-refractivity contribution in [2.45, 2.75) is 12.5 Å². The molecule has 3 heteroatoms. The zero-order valence-electron chi connectivity index (χ0n) is 5.51. The Morgan fingerprint density at radius 2 is 2.44 bits per heavy atom. The molecule has 0 saturated carbocycles. The lowest BCUT2D eigenvalue weighted by Gasteiger charge is -2.07. The molecule has 1 aliphatic heterocycles. The van der Waals surface area contributed by atoms with Crippen LogP contribution in [-0.2, 0) is 0 Å². The lowest BCUT2D eigenvalue weighted by molar-refractivity contribution is 0.240. The number of aliphatic hydroxyl groups is 1. The second-order valence-corrected chi connectivity index (χ2v) is 2.28. The molecule has 0 aliphatic carbocycles. The summed E-state index contributed by atoms with van der Waals surface area (Å²) < 4.78 is 0. The van der Waals surface area contributed by atoms with Gasteiger partial charge < -0.3 is 10.4 Å². The first-order chi connectivity index (χ1) is 4.43. The molecule has 1 aliphatic rings. The number of hydrogen-bond donors (Lipinski definition) is 2. The summed E-state index contributed by atoms with van der Waals surface area (Å²) in [5, 5.41) is 16.1. The zero-order valence-corrected chi connectivity index (χ0v) is 5.51. The maximum atomic E-state index is 8.69. The maximum Gasteiger partial charge on any atom is 0.0601 e. The summed E-state index contributed by atoms with van der Waals surface area (Å²) in [7, 11) is 0. The fourth-order valence-electron chi connectivity index (χ4n) is 0.960. The molecular weight excluding hydrogens is 116 g/mol. The Balaban J connectivity index is 2.18. The van der Waals surface area contributed by atoms with Gasteiger partial charge in [-0.1, -0.05) is 0 Å². The van der Waals surface area contributed by atoms with Crippen molar-refractivity contribution < 1.29 is 5.11 Å². The summed E-state index contributed by atoms with van der Waals surface area (Å²) in [5.41, 5.74) is 0. The van der Waals surface area contributed by atoms with Crippen LogP contribution in [0.15, 0.2) is 0 Å². The lowest BCUT2D eigenvalue weighted by Crippen LogP contribution is -2.26. The molecule has 2 N–H and O–H groups in total. The molecule has 3 nitrogen and oxygen atoms in total. The van der Waals surface area contributed by atoms with Gasteiger partial charge in [0, 0.05) is 19.1 Å². The number of rotatable bonds is 1. The third-order valence-corrected chi connectivity index (χ3v) is 1.54. The van der Waals surface area contributed by atoms with Gasteiger partial charge >= 0.3 is 0 Å². The molecule has 9 heavy (non-hydrogen) atoms. The molecule has 53 valence electrons. The molecule has 0 aromatic heterocycles. The number of hydrogen-bond acceptors (Lipinski definition) is 2. The van der Waals surface area contributed by atoms with E-state index in [1.807, 2.05) is 0 Å². The van der Waals surface area contributed by atoms with Gasteiger partial charge in [-0.05, 0) is 13.0 Å². The van der Waals surface area contributed by atoms with Crippen LogP contribution in [0.5, 0.6) is 0 Å². The Labute approximate surface area is 55.5 Å². The van der Waals surface area contributed by atoms with Crippen LogP contribution in [0.3, 0.4) is 0 Å². The van der Waals surface area contributed by atoms with Crippen molar-refractivity contribution in [2.75, 3.05) is 26.2 Å². The van der Waals surface area contributed by atoms with E-state index in [2.05, 4.69) is 10.6 Å². The molecule has 1 atom stereocenters. The van der Waals surface area contributed by atoms with Crippen LogP contribution in [-0.4, -0.2) is 37.4 Å². The van der Waals surface area contributed by atoms with Crippen LogP contribution in [0.1, 0.15) is 6.42 Å². The Hall–Kier alpha value is -0.120. The quantitative estimate of drug-likeness (QED) is 0.474. The van der Waals surface area contributed by atoms with E-state index in [1.165, 1.54) is 0 Å². The normalized spacial score (nSPS) is 29.7. The third-order valence-electron chi connectivity index (χ3n) is 1.54. The molecule has 0 bridgehead atoms. The summed E-state index contributed by atoms with van der Waals surface area (Å²) >= 11 is 0. The highest BCUT2D eigenvalue weighted by Gasteiger charge is 2.09. The highest BCUT2D eigenvalue weighted by Crippen LogP contribution is 1.92. The molecule has 1 unspecified atom stereocenters. The molecule has 1 radical (unpaired) electrons. The highest BCUT2D eigenvalue weighted by molar-refractivity contribution is 4.70. The van der Waals surface area contributed by atoms with E-state index in [4.69, 9.17) is 5.11 Å². The van der Waals surface area contributed by atoms with Gasteiger partial charge in [0.15, 0.2) is 0 Å². The predicted octanol–water partition coefficient (Wildman–Crippen LogP) is -1.05. The number of nitrogens with zero attached hydrogens (tertiary/aromatic N) is 1. The van der Waals surface area contributed by atoms with Gasteiger partial charge in [0.1, 0.15) is 0 Å². The molecule has 0 amide bonds. The first-order valence-electron chi connectivity index (χ1n) is 3.41. The molecule has 0 spiro atoms. The summed E-state index contributed by atoms with van der Waals surface area (Å²) in [6, 6.07) is 0.194. The van der Waals surface area contributed by atoms with Crippen molar-refractivity contribution in [3.8, 4) is 0 Å². The van der Waals surface area contributed by atoms with Crippen molar-refractivity contribution in [1.82, 2.24) is 10.6 Å². The number of aliphatic hydroxyl groups excluding tert-OH is 1. The van der Waals surface area contributed by atoms with Gasteiger partial charge in [-0.2, -0.15) is 0 Å². The maximum absolute atomic E-state index is 8.69. The fourth-order valence-corrected chi connectivity index (χ4v) is 0.960. The van der Waals surface area contributed by atoms with Crippen molar-refractivity contribution in [2.24, 2.45) is 0 Å².